The van der Waals surface area contributed by atoms with Crippen LogP contribution < -0.4 is 10.5 Å². The molecule has 1 saturated heterocycles. The Labute approximate surface area is 107 Å². The second kappa shape index (κ2) is 6.16. The fourth-order valence-electron chi connectivity index (χ4n) is 2.13. The summed E-state index contributed by atoms with van der Waals surface area (Å²) in [6.45, 7) is 3.13. The highest BCUT2D eigenvalue weighted by Gasteiger charge is 2.16. The molecule has 0 bridgehead atoms. The van der Waals surface area contributed by atoms with Crippen LogP contribution in [0, 0.1) is 5.82 Å². The lowest BCUT2D eigenvalue weighted by atomic mass is 10.1. The van der Waals surface area contributed by atoms with Gasteiger partial charge in [0.1, 0.15) is 18.2 Å². The van der Waals surface area contributed by atoms with E-state index in [0.717, 1.165) is 19.4 Å². The van der Waals surface area contributed by atoms with E-state index in [4.69, 9.17) is 15.2 Å². The van der Waals surface area contributed by atoms with E-state index in [0.29, 0.717) is 17.9 Å². The zero-order valence-corrected chi connectivity index (χ0v) is 10.7. The number of halogens is 1. The van der Waals surface area contributed by atoms with Crippen LogP contribution in [0.25, 0.3) is 0 Å². The number of nitrogens with two attached hydrogens (primary N) is 1. The fraction of sp³-hybridized carbons (Fsp3) is 0.571. The Kier molecular flexibility index (Phi) is 4.55. The van der Waals surface area contributed by atoms with Gasteiger partial charge in [-0.1, -0.05) is 0 Å². The summed E-state index contributed by atoms with van der Waals surface area (Å²) in [5.74, 6) is 0.365. The van der Waals surface area contributed by atoms with Crippen LogP contribution in [0.4, 0.5) is 4.39 Å². The van der Waals surface area contributed by atoms with Crippen LogP contribution in [0.1, 0.15) is 37.8 Å². The molecule has 2 unspecified atom stereocenters. The molecule has 0 saturated carbocycles. The molecule has 2 N–H and O–H groups in total. The second-order valence-electron chi connectivity index (χ2n) is 4.77. The largest absolute Gasteiger partial charge is 0.491 e. The van der Waals surface area contributed by atoms with Gasteiger partial charge in [0, 0.05) is 18.2 Å². The van der Waals surface area contributed by atoms with Crippen molar-refractivity contribution in [3.8, 4) is 5.75 Å². The van der Waals surface area contributed by atoms with Gasteiger partial charge in [-0.3, -0.25) is 0 Å². The van der Waals surface area contributed by atoms with Crippen molar-refractivity contribution in [3.05, 3.63) is 29.6 Å². The third-order valence-electron chi connectivity index (χ3n) is 3.16. The standard InChI is InChI=1S/C14H20FNO2/c1-10(16)13-8-11(15)5-6-14(13)18-9-12-4-2-3-7-17-12/h5-6,8,10,12H,2-4,7,9,16H2,1H3. The Balaban J connectivity index is 1.99. The van der Waals surface area contributed by atoms with E-state index in [1.165, 1.54) is 18.6 Å². The smallest absolute Gasteiger partial charge is 0.124 e. The van der Waals surface area contributed by atoms with Crippen LogP contribution in [0.3, 0.4) is 0 Å². The maximum absolute atomic E-state index is 13.2. The normalized spacial score (nSPS) is 21.6. The molecule has 3 nitrogen and oxygen atoms in total. The molecule has 1 fully saturated rings. The lowest BCUT2D eigenvalue weighted by molar-refractivity contribution is -0.0113. The average molecular weight is 253 g/mol. The van der Waals surface area contributed by atoms with Crippen molar-refractivity contribution in [2.24, 2.45) is 5.73 Å². The summed E-state index contributed by atoms with van der Waals surface area (Å²) >= 11 is 0. The highest BCUT2D eigenvalue weighted by molar-refractivity contribution is 5.36. The monoisotopic (exact) mass is 253 g/mol. The summed E-state index contributed by atoms with van der Waals surface area (Å²) in [4.78, 5) is 0. The summed E-state index contributed by atoms with van der Waals surface area (Å²) in [7, 11) is 0. The van der Waals surface area contributed by atoms with Gasteiger partial charge in [0.15, 0.2) is 0 Å². The highest BCUT2D eigenvalue weighted by atomic mass is 19.1. The molecule has 0 spiro atoms. The van der Waals surface area contributed by atoms with E-state index in [1.807, 2.05) is 6.92 Å². The Morgan fingerprint density at radius 1 is 1.50 bits per heavy atom. The second-order valence-corrected chi connectivity index (χ2v) is 4.77. The van der Waals surface area contributed by atoms with E-state index in [1.54, 1.807) is 6.07 Å². The molecule has 1 aromatic carbocycles. The Morgan fingerprint density at radius 2 is 2.33 bits per heavy atom. The summed E-state index contributed by atoms with van der Waals surface area (Å²) < 4.78 is 24.5. The van der Waals surface area contributed by atoms with Gasteiger partial charge < -0.3 is 15.2 Å². The zero-order chi connectivity index (χ0) is 13.0. The predicted octanol–water partition coefficient (Wildman–Crippen LogP) is 2.79. The molecule has 1 aromatic rings. The molecule has 0 aromatic heterocycles. The van der Waals surface area contributed by atoms with Gasteiger partial charge in [0.25, 0.3) is 0 Å². The number of rotatable bonds is 4. The third-order valence-corrected chi connectivity index (χ3v) is 3.16. The average Bonchev–Trinajstić information content (AvgIpc) is 2.38. The number of benzene rings is 1. The molecular weight excluding hydrogens is 233 g/mol. The molecule has 1 aliphatic rings. The highest BCUT2D eigenvalue weighted by Crippen LogP contribution is 2.25. The first kappa shape index (κ1) is 13.3. The molecule has 0 radical (unpaired) electrons. The van der Waals surface area contributed by atoms with Gasteiger partial charge >= 0.3 is 0 Å². The van der Waals surface area contributed by atoms with Gasteiger partial charge in [-0.2, -0.15) is 0 Å². The predicted molar refractivity (Wildman–Crippen MR) is 68.1 cm³/mol. The molecule has 0 amide bonds. The number of ether oxygens (including phenoxy) is 2. The van der Waals surface area contributed by atoms with Gasteiger partial charge in [-0.25, -0.2) is 4.39 Å². The molecule has 18 heavy (non-hydrogen) atoms. The molecule has 4 heteroatoms. The minimum absolute atomic E-state index is 0.143. The maximum Gasteiger partial charge on any atom is 0.124 e. The van der Waals surface area contributed by atoms with Gasteiger partial charge in [-0.05, 0) is 44.4 Å². The lowest BCUT2D eigenvalue weighted by Crippen LogP contribution is -2.26. The summed E-state index contributed by atoms with van der Waals surface area (Å²) in [6.07, 6.45) is 3.47. The van der Waals surface area contributed by atoms with Crippen molar-refractivity contribution >= 4 is 0 Å². The minimum Gasteiger partial charge on any atom is -0.491 e. The summed E-state index contributed by atoms with van der Waals surface area (Å²) in [5.41, 5.74) is 6.51. The minimum atomic E-state index is -0.288. The first-order valence-electron chi connectivity index (χ1n) is 6.46. The number of hydrogen-bond donors (Lipinski definition) is 1. The van der Waals surface area contributed by atoms with Crippen molar-refractivity contribution in [2.75, 3.05) is 13.2 Å². The summed E-state index contributed by atoms with van der Waals surface area (Å²) in [5, 5.41) is 0. The van der Waals surface area contributed by atoms with Crippen LogP contribution in [-0.2, 0) is 4.74 Å². The van der Waals surface area contributed by atoms with E-state index >= 15 is 0 Å². The molecular formula is C14H20FNO2. The molecule has 2 atom stereocenters. The third kappa shape index (κ3) is 3.43. The van der Waals surface area contributed by atoms with Crippen LogP contribution in [-0.4, -0.2) is 19.3 Å². The van der Waals surface area contributed by atoms with Gasteiger partial charge in [0.05, 0.1) is 6.10 Å². The van der Waals surface area contributed by atoms with Crippen LogP contribution in [0.5, 0.6) is 5.75 Å². The van der Waals surface area contributed by atoms with Crippen molar-refractivity contribution < 1.29 is 13.9 Å². The van der Waals surface area contributed by atoms with Gasteiger partial charge in [-0.15, -0.1) is 0 Å². The SMILES string of the molecule is CC(N)c1cc(F)ccc1OCC1CCCCO1. The first-order chi connectivity index (χ1) is 8.66. The topological polar surface area (TPSA) is 44.5 Å². The lowest BCUT2D eigenvalue weighted by Gasteiger charge is -2.23. The van der Waals surface area contributed by atoms with E-state index in [2.05, 4.69) is 0 Å². The van der Waals surface area contributed by atoms with Gasteiger partial charge in [0.2, 0.25) is 0 Å². The fourth-order valence-corrected chi connectivity index (χ4v) is 2.13. The Hall–Kier alpha value is -1.13. The van der Waals surface area contributed by atoms with E-state index in [9.17, 15) is 4.39 Å². The van der Waals surface area contributed by atoms with E-state index in [-0.39, 0.29) is 18.0 Å². The van der Waals surface area contributed by atoms with Crippen molar-refractivity contribution in [3.63, 3.8) is 0 Å². The van der Waals surface area contributed by atoms with Crippen molar-refractivity contribution in [2.45, 2.75) is 38.3 Å². The maximum atomic E-state index is 13.2. The molecule has 0 aliphatic carbocycles. The van der Waals surface area contributed by atoms with Crippen molar-refractivity contribution in [1.82, 2.24) is 0 Å². The van der Waals surface area contributed by atoms with Crippen LogP contribution >= 0.6 is 0 Å². The Morgan fingerprint density at radius 3 is 3.00 bits per heavy atom. The molecule has 1 aliphatic heterocycles. The Bertz CT molecular complexity index is 389. The quantitative estimate of drug-likeness (QED) is 0.897. The molecule has 1 heterocycles. The van der Waals surface area contributed by atoms with Crippen molar-refractivity contribution in [1.29, 1.82) is 0 Å². The number of hydrogen-bond acceptors (Lipinski definition) is 3. The van der Waals surface area contributed by atoms with Crippen LogP contribution in [0.2, 0.25) is 0 Å². The summed E-state index contributed by atoms with van der Waals surface area (Å²) in [6, 6.07) is 4.21. The molecule has 2 rings (SSSR count). The van der Waals surface area contributed by atoms with Crippen LogP contribution in [0.15, 0.2) is 18.2 Å². The first-order valence-corrected chi connectivity index (χ1v) is 6.46. The zero-order valence-electron chi connectivity index (χ0n) is 10.7. The van der Waals surface area contributed by atoms with E-state index < -0.39 is 0 Å². The molecule has 100 valence electrons.